The second-order valence-electron chi connectivity index (χ2n) is 6.05. The fourth-order valence-corrected chi connectivity index (χ4v) is 3.22. The first-order valence-electron chi connectivity index (χ1n) is 7.86. The normalized spacial score (nSPS) is 17.8. The number of nitriles is 1. The molecule has 1 aromatic carbocycles. The molecule has 0 amide bonds. The first-order valence-corrected chi connectivity index (χ1v) is 7.86. The lowest BCUT2D eigenvalue weighted by Gasteiger charge is -2.22. The van der Waals surface area contributed by atoms with Gasteiger partial charge in [0.1, 0.15) is 0 Å². The zero-order chi connectivity index (χ0) is 17.3. The number of halogens is 2. The zero-order valence-electron chi connectivity index (χ0n) is 13.2. The molecule has 1 aliphatic rings. The Balaban J connectivity index is 1.92. The summed E-state index contributed by atoms with van der Waals surface area (Å²) in [4.78, 5) is 16.6. The van der Waals surface area contributed by atoms with E-state index in [2.05, 4.69) is 4.98 Å². The summed E-state index contributed by atoms with van der Waals surface area (Å²) in [5.74, 6) is -0.673. The van der Waals surface area contributed by atoms with Crippen LogP contribution in [-0.4, -0.2) is 15.5 Å². The van der Waals surface area contributed by atoms with Crippen molar-refractivity contribution in [2.24, 2.45) is 5.41 Å². The molecule has 1 atom stereocenters. The highest BCUT2D eigenvalue weighted by atomic mass is 19.3. The van der Waals surface area contributed by atoms with E-state index >= 15 is 0 Å². The molecule has 0 saturated heterocycles. The number of fused-ring (bicyclic) bond motifs is 1. The highest BCUT2D eigenvalue weighted by Crippen LogP contribution is 2.40. The maximum absolute atomic E-state index is 13.5. The van der Waals surface area contributed by atoms with Crippen LogP contribution in [0.25, 0.3) is 11.0 Å². The van der Waals surface area contributed by atoms with Gasteiger partial charge in [0, 0.05) is 0 Å². The summed E-state index contributed by atoms with van der Waals surface area (Å²) in [6.45, 7) is -1.30. The van der Waals surface area contributed by atoms with E-state index in [0.29, 0.717) is 18.4 Å². The van der Waals surface area contributed by atoms with Crippen molar-refractivity contribution < 1.29 is 18.3 Å². The Morgan fingerprint density at radius 3 is 2.67 bits per heavy atom. The number of hydrogen-bond acceptors (Lipinski definition) is 4. The van der Waals surface area contributed by atoms with Gasteiger partial charge in [-0.25, -0.2) is 4.98 Å². The molecule has 0 bridgehead atoms. The van der Waals surface area contributed by atoms with E-state index in [0.717, 1.165) is 17.4 Å². The van der Waals surface area contributed by atoms with Gasteiger partial charge in [0.25, 0.3) is 0 Å². The second-order valence-corrected chi connectivity index (χ2v) is 6.05. The van der Waals surface area contributed by atoms with E-state index in [1.54, 1.807) is 24.3 Å². The monoisotopic (exact) mass is 333 g/mol. The molecule has 2 aromatic rings. The molecule has 1 aromatic heterocycles. The Morgan fingerprint density at radius 2 is 2.04 bits per heavy atom. The quantitative estimate of drug-likeness (QED) is 0.789. The number of para-hydroxylation sites is 2. The second kappa shape index (κ2) is 6.19. The maximum atomic E-state index is 13.5. The van der Waals surface area contributed by atoms with Gasteiger partial charge in [-0.1, -0.05) is 25.0 Å². The molecule has 24 heavy (non-hydrogen) atoms. The number of ether oxygens (including phenoxy) is 1. The molecule has 1 aliphatic carbocycles. The number of esters is 1. The Labute approximate surface area is 137 Å². The molecule has 0 spiro atoms. The number of nitrogens with zero attached hydrogens (tertiary/aromatic N) is 3. The number of imidazole rings is 1. The molecule has 126 valence electrons. The van der Waals surface area contributed by atoms with Crippen LogP contribution in [0.3, 0.4) is 0 Å². The van der Waals surface area contributed by atoms with Gasteiger partial charge in [0.15, 0.2) is 17.3 Å². The van der Waals surface area contributed by atoms with Gasteiger partial charge in [-0.3, -0.25) is 9.36 Å². The first kappa shape index (κ1) is 16.4. The maximum Gasteiger partial charge on any atom is 0.327 e. The number of hydrogen-bond donors (Lipinski definition) is 0. The van der Waals surface area contributed by atoms with E-state index in [9.17, 15) is 18.8 Å². The van der Waals surface area contributed by atoms with Gasteiger partial charge in [0.05, 0.1) is 17.1 Å². The summed E-state index contributed by atoms with van der Waals surface area (Å²) < 4.78 is 33.0. The van der Waals surface area contributed by atoms with Crippen molar-refractivity contribution >= 4 is 17.0 Å². The molecule has 0 aliphatic heterocycles. The molecule has 1 unspecified atom stereocenters. The van der Waals surface area contributed by atoms with Crippen LogP contribution in [-0.2, 0) is 9.53 Å². The van der Waals surface area contributed by atoms with Gasteiger partial charge in [0.2, 0.25) is 0 Å². The van der Waals surface area contributed by atoms with Crippen LogP contribution >= 0.6 is 0 Å². The van der Waals surface area contributed by atoms with Crippen molar-refractivity contribution in [2.45, 2.75) is 45.3 Å². The zero-order valence-corrected chi connectivity index (χ0v) is 13.2. The molecule has 0 radical (unpaired) electrons. The minimum absolute atomic E-state index is 0.0226. The molecule has 1 fully saturated rings. The minimum atomic E-state index is -2.80. The molecular formula is C17H17F2N3O2. The van der Waals surface area contributed by atoms with Crippen LogP contribution in [0.5, 0.6) is 0 Å². The Kier molecular flexibility index (Phi) is 4.22. The Bertz CT molecular complexity index is 804. The Morgan fingerprint density at radius 1 is 1.38 bits per heavy atom. The SMILES string of the molecule is CC(OC(=O)C1(C#N)CCCC1)c1nc2ccccc2n1C(F)F. The van der Waals surface area contributed by atoms with Gasteiger partial charge >= 0.3 is 12.5 Å². The predicted octanol–water partition coefficient (Wildman–Crippen LogP) is 4.12. The van der Waals surface area contributed by atoms with E-state index in [1.165, 1.54) is 6.92 Å². The number of alkyl halides is 2. The third kappa shape index (κ3) is 2.62. The highest BCUT2D eigenvalue weighted by molar-refractivity contribution is 5.81. The standard InChI is InChI=1S/C17H17F2N3O2/c1-11(24-15(23)17(10-20)8-4-5-9-17)14-21-12-6-2-3-7-13(12)22(14)16(18)19/h2-3,6-7,11,16H,4-5,8-9H2,1H3. The van der Waals surface area contributed by atoms with Crippen molar-refractivity contribution in [1.82, 2.24) is 9.55 Å². The van der Waals surface area contributed by atoms with E-state index in [-0.39, 0.29) is 11.3 Å². The lowest BCUT2D eigenvalue weighted by atomic mass is 9.88. The van der Waals surface area contributed by atoms with Crippen LogP contribution in [0.15, 0.2) is 24.3 Å². The molecule has 3 rings (SSSR count). The summed E-state index contributed by atoms with van der Waals surface area (Å²) in [7, 11) is 0. The third-order valence-corrected chi connectivity index (χ3v) is 4.53. The Hall–Kier alpha value is -2.49. The number of rotatable bonds is 4. The predicted molar refractivity (Wildman–Crippen MR) is 82.0 cm³/mol. The van der Waals surface area contributed by atoms with E-state index in [1.807, 2.05) is 6.07 Å². The van der Waals surface area contributed by atoms with Crippen molar-refractivity contribution in [3.63, 3.8) is 0 Å². The molecular weight excluding hydrogens is 316 g/mol. The van der Waals surface area contributed by atoms with Crippen LogP contribution < -0.4 is 0 Å². The van der Waals surface area contributed by atoms with Gasteiger partial charge in [-0.05, 0) is 31.9 Å². The van der Waals surface area contributed by atoms with Crippen LogP contribution in [0, 0.1) is 16.7 Å². The van der Waals surface area contributed by atoms with Gasteiger partial charge in [-0.15, -0.1) is 0 Å². The topological polar surface area (TPSA) is 67.9 Å². The lowest BCUT2D eigenvalue weighted by molar-refractivity contribution is -0.158. The number of aromatic nitrogens is 2. The van der Waals surface area contributed by atoms with E-state index < -0.39 is 24.0 Å². The van der Waals surface area contributed by atoms with Crippen LogP contribution in [0.1, 0.15) is 51.1 Å². The summed E-state index contributed by atoms with van der Waals surface area (Å²) in [5, 5.41) is 9.34. The van der Waals surface area contributed by atoms with Crippen LogP contribution in [0.2, 0.25) is 0 Å². The molecule has 0 N–H and O–H groups in total. The van der Waals surface area contributed by atoms with Gasteiger partial charge in [-0.2, -0.15) is 14.0 Å². The average Bonchev–Trinajstić information content (AvgIpc) is 3.19. The van der Waals surface area contributed by atoms with Crippen LogP contribution in [0.4, 0.5) is 8.78 Å². The molecule has 1 saturated carbocycles. The number of benzene rings is 1. The smallest absolute Gasteiger partial charge is 0.327 e. The lowest BCUT2D eigenvalue weighted by Crippen LogP contribution is -2.30. The number of carbonyl (C=O) groups is 1. The fraction of sp³-hybridized carbons (Fsp3) is 0.471. The highest BCUT2D eigenvalue weighted by Gasteiger charge is 2.44. The average molecular weight is 333 g/mol. The minimum Gasteiger partial charge on any atom is -0.453 e. The molecule has 7 heteroatoms. The fourth-order valence-electron chi connectivity index (χ4n) is 3.22. The molecule has 5 nitrogen and oxygen atoms in total. The van der Waals surface area contributed by atoms with Crippen molar-refractivity contribution in [3.05, 3.63) is 30.1 Å². The largest absolute Gasteiger partial charge is 0.453 e. The summed E-state index contributed by atoms with van der Waals surface area (Å²) in [5.41, 5.74) is -0.469. The van der Waals surface area contributed by atoms with Gasteiger partial charge < -0.3 is 4.74 Å². The third-order valence-electron chi connectivity index (χ3n) is 4.53. The summed E-state index contributed by atoms with van der Waals surface area (Å²) in [6, 6.07) is 8.56. The van der Waals surface area contributed by atoms with Crippen molar-refractivity contribution in [1.29, 1.82) is 5.26 Å². The van der Waals surface area contributed by atoms with Crippen molar-refractivity contribution in [2.75, 3.05) is 0 Å². The molecule has 1 heterocycles. The number of carbonyl (C=O) groups excluding carboxylic acids is 1. The summed E-state index contributed by atoms with van der Waals surface area (Å²) in [6.07, 6.45) is 1.49. The van der Waals surface area contributed by atoms with Crippen molar-refractivity contribution in [3.8, 4) is 6.07 Å². The first-order chi connectivity index (χ1) is 11.5. The van der Waals surface area contributed by atoms with E-state index in [4.69, 9.17) is 4.74 Å². The summed E-state index contributed by atoms with van der Waals surface area (Å²) >= 11 is 0.